The third-order valence-corrected chi connectivity index (χ3v) is 5.49. The van der Waals surface area contributed by atoms with Gasteiger partial charge in [0.2, 0.25) is 5.91 Å². The number of hydrogen-bond donors (Lipinski definition) is 2. The summed E-state index contributed by atoms with van der Waals surface area (Å²) in [5, 5.41) is 5.88. The number of rotatable bonds is 6. The van der Waals surface area contributed by atoms with Crippen molar-refractivity contribution in [3.63, 3.8) is 0 Å². The van der Waals surface area contributed by atoms with Crippen LogP contribution >= 0.6 is 0 Å². The fourth-order valence-corrected chi connectivity index (χ4v) is 3.90. The van der Waals surface area contributed by atoms with Gasteiger partial charge in [0, 0.05) is 42.4 Å². The molecule has 9 nitrogen and oxygen atoms in total. The molecule has 0 bridgehead atoms. The number of carbonyl (C=O) groups excluding carboxylic acids is 4. The van der Waals surface area contributed by atoms with E-state index in [2.05, 4.69) is 10.6 Å². The molecule has 31 heavy (non-hydrogen) atoms. The van der Waals surface area contributed by atoms with Gasteiger partial charge in [0.15, 0.2) is 0 Å². The van der Waals surface area contributed by atoms with Crippen LogP contribution in [0.5, 0.6) is 0 Å². The van der Waals surface area contributed by atoms with Gasteiger partial charge in [-0.25, -0.2) is 4.79 Å². The molecule has 2 N–H and O–H groups in total. The molecule has 0 aliphatic carbocycles. The number of barbiturate groups is 1. The van der Waals surface area contributed by atoms with Crippen molar-refractivity contribution < 1.29 is 23.9 Å². The minimum Gasteiger partial charge on any atom is -0.376 e. The van der Waals surface area contributed by atoms with Crippen molar-refractivity contribution in [3.05, 3.63) is 41.6 Å². The van der Waals surface area contributed by atoms with Gasteiger partial charge in [0.1, 0.15) is 12.1 Å². The van der Waals surface area contributed by atoms with Crippen LogP contribution in [-0.4, -0.2) is 59.0 Å². The Labute approximate surface area is 179 Å². The van der Waals surface area contributed by atoms with Gasteiger partial charge in [-0.1, -0.05) is 18.2 Å². The zero-order valence-corrected chi connectivity index (χ0v) is 17.2. The van der Waals surface area contributed by atoms with Gasteiger partial charge in [0.05, 0.1) is 6.10 Å². The Morgan fingerprint density at radius 2 is 2.10 bits per heavy atom. The molecule has 2 aliphatic rings. The van der Waals surface area contributed by atoms with Crippen molar-refractivity contribution in [2.45, 2.75) is 32.4 Å². The molecule has 162 valence electrons. The molecule has 0 saturated carbocycles. The summed E-state index contributed by atoms with van der Waals surface area (Å²) in [4.78, 5) is 50.2. The summed E-state index contributed by atoms with van der Waals surface area (Å²) in [6.07, 6.45) is 5.21. The second-order valence-electron chi connectivity index (χ2n) is 7.54. The van der Waals surface area contributed by atoms with Gasteiger partial charge in [-0.2, -0.15) is 0 Å². The highest BCUT2D eigenvalue weighted by molar-refractivity contribution is 6.31. The number of nitrogens with one attached hydrogen (secondary N) is 2. The molecule has 2 saturated heterocycles. The van der Waals surface area contributed by atoms with E-state index in [9.17, 15) is 19.2 Å². The number of ether oxygens (including phenoxy) is 1. The van der Waals surface area contributed by atoms with Crippen LogP contribution in [0.2, 0.25) is 0 Å². The van der Waals surface area contributed by atoms with Gasteiger partial charge in [-0.05, 0) is 31.9 Å². The summed E-state index contributed by atoms with van der Waals surface area (Å²) < 4.78 is 7.31. The van der Waals surface area contributed by atoms with Crippen molar-refractivity contribution in [3.8, 4) is 0 Å². The number of carbonyl (C=O) groups is 4. The second-order valence-corrected chi connectivity index (χ2v) is 7.54. The predicted molar refractivity (Wildman–Crippen MR) is 113 cm³/mol. The Morgan fingerprint density at radius 1 is 1.29 bits per heavy atom. The highest BCUT2D eigenvalue weighted by atomic mass is 16.5. The monoisotopic (exact) mass is 424 g/mol. The van der Waals surface area contributed by atoms with Crippen LogP contribution in [-0.2, 0) is 25.7 Å². The molecule has 1 aromatic carbocycles. The van der Waals surface area contributed by atoms with Crippen LogP contribution in [0.1, 0.15) is 25.3 Å². The van der Waals surface area contributed by atoms with E-state index in [-0.39, 0.29) is 30.7 Å². The van der Waals surface area contributed by atoms with Gasteiger partial charge < -0.3 is 14.6 Å². The van der Waals surface area contributed by atoms with Crippen LogP contribution in [0.25, 0.3) is 17.0 Å². The number of amides is 5. The van der Waals surface area contributed by atoms with Crippen LogP contribution in [0, 0.1) is 0 Å². The third kappa shape index (κ3) is 4.22. The Kier molecular flexibility index (Phi) is 5.85. The summed E-state index contributed by atoms with van der Waals surface area (Å²) in [6, 6.07) is 6.71. The van der Waals surface area contributed by atoms with Crippen molar-refractivity contribution in [2.75, 3.05) is 19.7 Å². The van der Waals surface area contributed by atoms with Gasteiger partial charge >= 0.3 is 6.03 Å². The van der Waals surface area contributed by atoms with Crippen LogP contribution < -0.4 is 10.6 Å². The van der Waals surface area contributed by atoms with E-state index < -0.39 is 17.8 Å². The number of benzene rings is 1. The molecule has 5 amide bonds. The summed E-state index contributed by atoms with van der Waals surface area (Å²) in [7, 11) is 0. The molecule has 3 heterocycles. The quantitative estimate of drug-likeness (QED) is 0.538. The first-order valence-corrected chi connectivity index (χ1v) is 10.3. The Bertz CT molecular complexity index is 1080. The maximum absolute atomic E-state index is 12.6. The molecular formula is C22H24N4O5. The zero-order valence-electron chi connectivity index (χ0n) is 17.2. The fourth-order valence-electron chi connectivity index (χ4n) is 3.90. The molecule has 4 rings (SSSR count). The normalized spacial score (nSPS) is 20.5. The Balaban J connectivity index is 1.60. The lowest BCUT2D eigenvalue weighted by Gasteiger charge is -2.24. The van der Waals surface area contributed by atoms with E-state index in [1.807, 2.05) is 24.3 Å². The molecule has 2 aromatic rings. The summed E-state index contributed by atoms with van der Waals surface area (Å²) >= 11 is 0. The third-order valence-electron chi connectivity index (χ3n) is 5.49. The fraction of sp³-hybridized carbons (Fsp3) is 0.364. The number of likely N-dealkylation sites (N-methyl/N-ethyl adjacent to an activating group) is 1. The van der Waals surface area contributed by atoms with E-state index in [1.165, 1.54) is 6.08 Å². The van der Waals surface area contributed by atoms with Gasteiger partial charge in [-0.15, -0.1) is 0 Å². The first-order valence-electron chi connectivity index (χ1n) is 10.3. The molecule has 9 heteroatoms. The highest BCUT2D eigenvalue weighted by Crippen LogP contribution is 2.25. The highest BCUT2D eigenvalue weighted by Gasteiger charge is 2.34. The van der Waals surface area contributed by atoms with Crippen LogP contribution in [0.4, 0.5) is 4.79 Å². The number of hydrogen-bond acceptors (Lipinski definition) is 5. The number of urea groups is 1. The molecule has 0 spiro atoms. The topological polar surface area (TPSA) is 110 Å². The maximum Gasteiger partial charge on any atom is 0.331 e. The lowest BCUT2D eigenvalue weighted by atomic mass is 10.1. The SMILES string of the molecule is CCN1C(=O)NC(=O)/C(=C/c2cn(CC(=O)NCC3CCCO3)c3ccccc23)C1=O. The average Bonchev–Trinajstić information content (AvgIpc) is 3.38. The van der Waals surface area contributed by atoms with Crippen molar-refractivity contribution >= 4 is 40.7 Å². The maximum atomic E-state index is 12.6. The molecular weight excluding hydrogens is 400 g/mol. The van der Waals surface area contributed by atoms with E-state index in [0.29, 0.717) is 12.1 Å². The van der Waals surface area contributed by atoms with E-state index in [1.54, 1.807) is 17.7 Å². The van der Waals surface area contributed by atoms with Crippen molar-refractivity contribution in [1.82, 2.24) is 20.1 Å². The second kappa shape index (κ2) is 8.73. The molecule has 2 aliphatic heterocycles. The summed E-state index contributed by atoms with van der Waals surface area (Å²) in [6.45, 7) is 3.11. The molecule has 0 radical (unpaired) electrons. The number of aromatic nitrogens is 1. The molecule has 1 aromatic heterocycles. The Hall–Kier alpha value is -3.46. The average molecular weight is 424 g/mol. The largest absolute Gasteiger partial charge is 0.376 e. The minimum absolute atomic E-state index is 0.0608. The summed E-state index contributed by atoms with van der Waals surface area (Å²) in [5.74, 6) is -1.52. The number of para-hydroxylation sites is 1. The smallest absolute Gasteiger partial charge is 0.331 e. The van der Waals surface area contributed by atoms with E-state index in [4.69, 9.17) is 4.74 Å². The molecule has 2 fully saturated rings. The lowest BCUT2D eigenvalue weighted by molar-refractivity contribution is -0.130. The van der Waals surface area contributed by atoms with Gasteiger partial charge in [-0.3, -0.25) is 24.6 Å². The van der Waals surface area contributed by atoms with Crippen LogP contribution in [0.15, 0.2) is 36.0 Å². The van der Waals surface area contributed by atoms with Gasteiger partial charge in [0.25, 0.3) is 11.8 Å². The molecule has 1 unspecified atom stereocenters. The van der Waals surface area contributed by atoms with E-state index >= 15 is 0 Å². The first kappa shape index (κ1) is 20.8. The minimum atomic E-state index is -0.731. The van der Waals surface area contributed by atoms with Crippen molar-refractivity contribution in [1.29, 1.82) is 0 Å². The lowest BCUT2D eigenvalue weighted by Crippen LogP contribution is -2.53. The number of imide groups is 2. The van der Waals surface area contributed by atoms with E-state index in [0.717, 1.165) is 35.3 Å². The Morgan fingerprint density at radius 3 is 2.84 bits per heavy atom. The number of fused-ring (bicyclic) bond motifs is 1. The van der Waals surface area contributed by atoms with Crippen molar-refractivity contribution in [2.24, 2.45) is 0 Å². The number of nitrogens with zero attached hydrogens (tertiary/aromatic N) is 2. The standard InChI is InChI=1S/C22H24N4O5/c1-2-26-21(29)17(20(28)24-22(26)30)10-14-12-25(18-8-4-3-7-16(14)18)13-19(27)23-11-15-6-5-9-31-15/h3-4,7-8,10,12,15H,2,5-6,9,11,13H2,1H3,(H,23,27)(H,24,28,30)/b17-10-. The molecule has 1 atom stereocenters. The zero-order chi connectivity index (χ0) is 22.0. The van der Waals surface area contributed by atoms with Crippen LogP contribution in [0.3, 0.4) is 0 Å². The first-order chi connectivity index (χ1) is 15.0. The summed E-state index contributed by atoms with van der Waals surface area (Å²) in [5.41, 5.74) is 1.30. The predicted octanol–water partition coefficient (Wildman–Crippen LogP) is 1.42.